The number of aryl methyl sites for hydroxylation is 1. The highest BCUT2D eigenvalue weighted by molar-refractivity contribution is 5.97. The van der Waals surface area contributed by atoms with Gasteiger partial charge >= 0.3 is 5.69 Å². The summed E-state index contributed by atoms with van der Waals surface area (Å²) in [5.74, 6) is 1.31. The lowest BCUT2D eigenvalue weighted by atomic mass is 10.0. The van der Waals surface area contributed by atoms with Crippen LogP contribution in [0, 0.1) is 10.1 Å². The fourth-order valence-electron chi connectivity index (χ4n) is 3.84. The normalized spacial score (nSPS) is 11.1. The summed E-state index contributed by atoms with van der Waals surface area (Å²) >= 11 is 0. The number of nitro benzene ring substituents is 1. The molecular formula is C24H19N5O4. The summed E-state index contributed by atoms with van der Waals surface area (Å²) in [6.07, 6.45) is 0. The average molecular weight is 441 g/mol. The lowest BCUT2D eigenvalue weighted by molar-refractivity contribution is -0.385. The molecule has 9 nitrogen and oxygen atoms in total. The van der Waals surface area contributed by atoms with E-state index in [1.807, 2.05) is 60.1 Å². The summed E-state index contributed by atoms with van der Waals surface area (Å²) in [6, 6.07) is 20.1. The first-order chi connectivity index (χ1) is 16.1. The third-order valence-electron chi connectivity index (χ3n) is 5.52. The molecule has 0 aliphatic rings. The maximum Gasteiger partial charge on any atom is 0.311 e. The van der Waals surface area contributed by atoms with Crippen molar-refractivity contribution >= 4 is 27.5 Å². The van der Waals surface area contributed by atoms with Crippen molar-refractivity contribution in [2.24, 2.45) is 7.05 Å². The molecule has 9 heteroatoms. The van der Waals surface area contributed by atoms with Gasteiger partial charge < -0.3 is 14.0 Å². The monoisotopic (exact) mass is 441 g/mol. The molecule has 0 saturated heterocycles. The summed E-state index contributed by atoms with van der Waals surface area (Å²) in [7, 11) is 3.34. The maximum atomic E-state index is 11.5. The second-order valence-corrected chi connectivity index (χ2v) is 7.41. The molecule has 0 amide bonds. The van der Waals surface area contributed by atoms with Crippen LogP contribution in [0.4, 0.5) is 5.69 Å². The molecule has 0 atom stereocenters. The van der Waals surface area contributed by atoms with E-state index in [-0.39, 0.29) is 18.0 Å². The lowest BCUT2D eigenvalue weighted by Gasteiger charge is -2.11. The van der Waals surface area contributed by atoms with Crippen LogP contribution in [0.3, 0.4) is 0 Å². The minimum atomic E-state index is -0.480. The topological polar surface area (TPSA) is 105 Å². The molecule has 0 unspecified atom stereocenters. The third kappa shape index (κ3) is 3.59. The number of hydrogen-bond donors (Lipinski definition) is 0. The van der Waals surface area contributed by atoms with Crippen LogP contribution in [0.25, 0.3) is 33.1 Å². The van der Waals surface area contributed by atoms with Gasteiger partial charge in [-0.25, -0.2) is 4.98 Å². The number of nitrogens with zero attached hydrogens (tertiary/aromatic N) is 5. The summed E-state index contributed by atoms with van der Waals surface area (Å²) in [5, 5.41) is 21.6. The van der Waals surface area contributed by atoms with Gasteiger partial charge in [0.1, 0.15) is 18.1 Å². The third-order valence-corrected chi connectivity index (χ3v) is 5.52. The Morgan fingerprint density at radius 1 is 1.00 bits per heavy atom. The Morgan fingerprint density at radius 2 is 1.76 bits per heavy atom. The van der Waals surface area contributed by atoms with Crippen LogP contribution in [-0.2, 0) is 13.7 Å². The fourth-order valence-corrected chi connectivity index (χ4v) is 3.84. The van der Waals surface area contributed by atoms with Crippen molar-refractivity contribution in [1.82, 2.24) is 19.7 Å². The SMILES string of the molecule is COc1ccc(-c2nnc(OCc3nc4ccccc4n3C)c3ccccc23)cc1[N+](=O)[O-]. The second kappa shape index (κ2) is 8.19. The Labute approximate surface area is 188 Å². The van der Waals surface area contributed by atoms with Crippen LogP contribution in [0.2, 0.25) is 0 Å². The van der Waals surface area contributed by atoms with Crippen LogP contribution >= 0.6 is 0 Å². The molecule has 0 N–H and O–H groups in total. The molecule has 2 aromatic heterocycles. The molecule has 0 aliphatic carbocycles. The van der Waals surface area contributed by atoms with Gasteiger partial charge in [0.2, 0.25) is 5.88 Å². The first-order valence-corrected chi connectivity index (χ1v) is 10.2. The summed E-state index contributed by atoms with van der Waals surface area (Å²) in [5.41, 5.74) is 2.86. The van der Waals surface area contributed by atoms with Crippen LogP contribution in [0.1, 0.15) is 5.82 Å². The smallest absolute Gasteiger partial charge is 0.311 e. The molecule has 0 bridgehead atoms. The van der Waals surface area contributed by atoms with E-state index in [1.165, 1.54) is 13.2 Å². The van der Waals surface area contributed by atoms with Gasteiger partial charge in [0.05, 0.1) is 23.1 Å². The summed E-state index contributed by atoms with van der Waals surface area (Å²) < 4.78 is 13.1. The van der Waals surface area contributed by atoms with Crippen molar-refractivity contribution in [3.05, 3.63) is 82.7 Å². The van der Waals surface area contributed by atoms with E-state index in [1.54, 1.807) is 12.1 Å². The number of rotatable bonds is 6. The zero-order valence-corrected chi connectivity index (χ0v) is 17.9. The summed E-state index contributed by atoms with van der Waals surface area (Å²) in [4.78, 5) is 15.6. The van der Waals surface area contributed by atoms with E-state index >= 15 is 0 Å². The van der Waals surface area contributed by atoms with Crippen molar-refractivity contribution < 1.29 is 14.4 Å². The number of hydrogen-bond acceptors (Lipinski definition) is 7. The number of para-hydroxylation sites is 2. The fraction of sp³-hybridized carbons (Fsp3) is 0.125. The Kier molecular flexibility index (Phi) is 5.06. The van der Waals surface area contributed by atoms with Crippen LogP contribution in [-0.4, -0.2) is 31.8 Å². The number of fused-ring (bicyclic) bond motifs is 2. The minimum Gasteiger partial charge on any atom is -0.490 e. The molecule has 0 spiro atoms. The van der Waals surface area contributed by atoms with Gasteiger partial charge in [-0.3, -0.25) is 10.1 Å². The predicted octanol–water partition coefficient (Wildman–Crippen LogP) is 4.68. The molecule has 0 radical (unpaired) electrons. The standard InChI is InChI=1S/C24H19N5O4/c1-28-19-10-6-5-9-18(19)25-22(28)14-33-24-17-8-4-3-7-16(17)23(26-27-24)15-11-12-21(32-2)20(13-15)29(30)31/h3-13H,14H2,1-2H3. The van der Waals surface area contributed by atoms with Gasteiger partial charge in [0, 0.05) is 29.4 Å². The predicted molar refractivity (Wildman–Crippen MR) is 123 cm³/mol. The van der Waals surface area contributed by atoms with Gasteiger partial charge in [-0.15, -0.1) is 10.2 Å². The molecule has 5 rings (SSSR count). The van der Waals surface area contributed by atoms with Crippen LogP contribution in [0.5, 0.6) is 11.6 Å². The van der Waals surface area contributed by atoms with Gasteiger partial charge in [0.15, 0.2) is 5.75 Å². The Morgan fingerprint density at radius 3 is 2.52 bits per heavy atom. The molecule has 0 aliphatic heterocycles. The first kappa shape index (κ1) is 20.4. The van der Waals surface area contributed by atoms with Crippen LogP contribution in [0.15, 0.2) is 66.7 Å². The molecule has 2 heterocycles. The van der Waals surface area contributed by atoms with Crippen molar-refractivity contribution in [3.63, 3.8) is 0 Å². The number of ether oxygens (including phenoxy) is 2. The second-order valence-electron chi connectivity index (χ2n) is 7.41. The van der Waals surface area contributed by atoms with Crippen molar-refractivity contribution in [3.8, 4) is 22.9 Å². The van der Waals surface area contributed by atoms with Gasteiger partial charge in [-0.05, 0) is 30.3 Å². The number of methoxy groups -OCH3 is 1. The molecular weight excluding hydrogens is 422 g/mol. The molecule has 5 aromatic rings. The zero-order chi connectivity index (χ0) is 22.9. The number of nitro groups is 1. The van der Waals surface area contributed by atoms with Gasteiger partial charge in [-0.2, -0.15) is 0 Å². The van der Waals surface area contributed by atoms with Crippen molar-refractivity contribution in [1.29, 1.82) is 0 Å². The zero-order valence-electron chi connectivity index (χ0n) is 17.9. The Hall–Kier alpha value is -4.53. The van der Waals surface area contributed by atoms with Crippen molar-refractivity contribution in [2.45, 2.75) is 6.61 Å². The van der Waals surface area contributed by atoms with E-state index in [0.717, 1.165) is 27.6 Å². The van der Waals surface area contributed by atoms with Crippen molar-refractivity contribution in [2.75, 3.05) is 7.11 Å². The number of benzene rings is 3. The van der Waals surface area contributed by atoms with Gasteiger partial charge in [-0.1, -0.05) is 30.3 Å². The highest BCUT2D eigenvalue weighted by Gasteiger charge is 2.19. The van der Waals surface area contributed by atoms with E-state index in [4.69, 9.17) is 9.47 Å². The molecule has 3 aromatic carbocycles. The molecule has 0 fully saturated rings. The number of aromatic nitrogens is 4. The highest BCUT2D eigenvalue weighted by Crippen LogP contribution is 2.35. The molecule has 164 valence electrons. The van der Waals surface area contributed by atoms with E-state index in [9.17, 15) is 10.1 Å². The van der Waals surface area contributed by atoms with Gasteiger partial charge in [0.25, 0.3) is 0 Å². The van der Waals surface area contributed by atoms with Crippen LogP contribution < -0.4 is 9.47 Å². The van der Waals surface area contributed by atoms with E-state index in [2.05, 4.69) is 15.2 Å². The van der Waals surface area contributed by atoms with E-state index in [0.29, 0.717) is 17.1 Å². The molecule has 0 saturated carbocycles. The Bertz CT molecular complexity index is 1510. The van der Waals surface area contributed by atoms with E-state index < -0.39 is 4.92 Å². The maximum absolute atomic E-state index is 11.5. The Balaban J connectivity index is 1.53. The number of imidazole rings is 1. The molecule has 33 heavy (non-hydrogen) atoms. The quantitative estimate of drug-likeness (QED) is 0.278. The minimum absolute atomic E-state index is 0.136. The lowest BCUT2D eigenvalue weighted by Crippen LogP contribution is -2.05. The largest absolute Gasteiger partial charge is 0.490 e. The summed E-state index contributed by atoms with van der Waals surface area (Å²) in [6.45, 7) is 0.219. The highest BCUT2D eigenvalue weighted by atomic mass is 16.6. The first-order valence-electron chi connectivity index (χ1n) is 10.2. The average Bonchev–Trinajstić information content (AvgIpc) is 3.17.